The fourth-order valence-electron chi connectivity index (χ4n) is 5.30. The van der Waals surface area contributed by atoms with E-state index in [9.17, 15) is 14.3 Å². The van der Waals surface area contributed by atoms with Gasteiger partial charge in [0.05, 0.1) is 11.1 Å². The van der Waals surface area contributed by atoms with Gasteiger partial charge >= 0.3 is 0 Å². The number of rotatable bonds is 5. The molecule has 6 heteroatoms. The van der Waals surface area contributed by atoms with Gasteiger partial charge < -0.3 is 20.6 Å². The average molecular weight is 461 g/mol. The van der Waals surface area contributed by atoms with Crippen molar-refractivity contribution in [3.63, 3.8) is 0 Å². The molecule has 34 heavy (non-hydrogen) atoms. The molecule has 3 aromatic carbocycles. The lowest BCUT2D eigenvalue weighted by molar-refractivity contribution is 0.0617. The van der Waals surface area contributed by atoms with E-state index in [0.29, 0.717) is 24.7 Å². The Morgan fingerprint density at radius 1 is 1.12 bits per heavy atom. The summed E-state index contributed by atoms with van der Waals surface area (Å²) in [4.78, 5) is 15.9. The Morgan fingerprint density at radius 2 is 1.82 bits per heavy atom. The molecule has 1 amide bonds. The van der Waals surface area contributed by atoms with Crippen LogP contribution in [0.1, 0.15) is 59.7 Å². The SMILES string of the molecule is CC(C)(O)c1ccc2c(c1)[nH]c1c(C(c3ccc(F)cc3)C3CCOCC3)ccc(C(N)=O)c12. The smallest absolute Gasteiger partial charge is 0.249 e. The highest BCUT2D eigenvalue weighted by Gasteiger charge is 2.30. The number of ether oxygens (including phenoxy) is 1. The standard InChI is InChI=1S/C28H29FN2O3/c1-28(2,33)18-5-8-20-23(15-18)31-26-21(9-10-22(25(20)26)27(30)32)24(17-11-13-34-14-12-17)16-3-6-19(29)7-4-16/h3-10,15,17,24,31,33H,11-14H2,1-2H3,(H2,30,32). The molecule has 5 nitrogen and oxygen atoms in total. The number of nitrogens with one attached hydrogen (secondary N) is 1. The van der Waals surface area contributed by atoms with Crippen LogP contribution in [0.4, 0.5) is 4.39 Å². The van der Waals surface area contributed by atoms with E-state index in [1.54, 1.807) is 19.9 Å². The van der Waals surface area contributed by atoms with Gasteiger partial charge in [-0.2, -0.15) is 0 Å². The molecule has 1 aromatic heterocycles. The third-order valence-electron chi connectivity index (χ3n) is 7.06. The average Bonchev–Trinajstić information content (AvgIpc) is 3.20. The van der Waals surface area contributed by atoms with Crippen molar-refractivity contribution in [3.05, 3.63) is 82.7 Å². The second kappa shape index (κ2) is 8.53. The third-order valence-corrected chi connectivity index (χ3v) is 7.06. The summed E-state index contributed by atoms with van der Waals surface area (Å²) in [5.74, 6) is -0.460. The lowest BCUT2D eigenvalue weighted by atomic mass is 9.76. The topological polar surface area (TPSA) is 88.3 Å². The van der Waals surface area contributed by atoms with E-state index in [1.165, 1.54) is 12.1 Å². The number of hydrogen-bond donors (Lipinski definition) is 3. The van der Waals surface area contributed by atoms with E-state index >= 15 is 0 Å². The fourth-order valence-corrected chi connectivity index (χ4v) is 5.30. The highest BCUT2D eigenvalue weighted by atomic mass is 19.1. The van der Waals surface area contributed by atoms with Crippen LogP contribution >= 0.6 is 0 Å². The summed E-state index contributed by atoms with van der Waals surface area (Å²) in [6, 6.07) is 16.2. The highest BCUT2D eigenvalue weighted by molar-refractivity contribution is 6.18. The number of amides is 1. The van der Waals surface area contributed by atoms with Crippen molar-refractivity contribution in [2.24, 2.45) is 11.7 Å². The zero-order valence-electron chi connectivity index (χ0n) is 19.4. The molecule has 0 spiro atoms. The number of hydrogen-bond acceptors (Lipinski definition) is 3. The molecule has 5 rings (SSSR count). The molecule has 1 saturated heterocycles. The number of carbonyl (C=O) groups is 1. The van der Waals surface area contributed by atoms with Crippen molar-refractivity contribution in [2.75, 3.05) is 13.2 Å². The molecule has 1 unspecified atom stereocenters. The normalized spacial score (nSPS) is 16.2. The third kappa shape index (κ3) is 3.97. The predicted octanol–water partition coefficient (Wildman–Crippen LogP) is 5.35. The maximum absolute atomic E-state index is 13.8. The van der Waals surface area contributed by atoms with Gasteiger partial charge in [0.2, 0.25) is 5.91 Å². The summed E-state index contributed by atoms with van der Waals surface area (Å²) in [5.41, 5.74) is 9.74. The summed E-state index contributed by atoms with van der Waals surface area (Å²) in [7, 11) is 0. The Hall–Kier alpha value is -3.22. The van der Waals surface area contributed by atoms with Gasteiger partial charge in [0.15, 0.2) is 0 Å². The first-order valence-corrected chi connectivity index (χ1v) is 11.7. The summed E-state index contributed by atoms with van der Waals surface area (Å²) >= 11 is 0. The number of nitrogens with two attached hydrogens (primary N) is 1. The van der Waals surface area contributed by atoms with Crippen LogP contribution in [0.2, 0.25) is 0 Å². The van der Waals surface area contributed by atoms with E-state index < -0.39 is 11.5 Å². The van der Waals surface area contributed by atoms with Gasteiger partial charge in [-0.3, -0.25) is 4.79 Å². The molecule has 0 radical (unpaired) electrons. The molecule has 176 valence electrons. The highest BCUT2D eigenvalue weighted by Crippen LogP contribution is 2.43. The van der Waals surface area contributed by atoms with Gasteiger partial charge in [0.1, 0.15) is 5.82 Å². The van der Waals surface area contributed by atoms with Crippen molar-refractivity contribution in [1.29, 1.82) is 0 Å². The molecular formula is C28H29FN2O3. The van der Waals surface area contributed by atoms with E-state index in [4.69, 9.17) is 10.5 Å². The van der Waals surface area contributed by atoms with Crippen LogP contribution in [-0.2, 0) is 10.3 Å². The number of primary amides is 1. The zero-order valence-corrected chi connectivity index (χ0v) is 19.4. The summed E-state index contributed by atoms with van der Waals surface area (Å²) in [6.45, 7) is 4.86. The number of aliphatic hydroxyl groups is 1. The molecule has 1 atom stereocenters. The van der Waals surface area contributed by atoms with Gasteiger partial charge in [0.25, 0.3) is 0 Å². The molecule has 4 N–H and O–H groups in total. The van der Waals surface area contributed by atoms with E-state index in [-0.39, 0.29) is 11.7 Å². The van der Waals surface area contributed by atoms with Crippen molar-refractivity contribution in [1.82, 2.24) is 4.98 Å². The Balaban J connectivity index is 1.79. The molecule has 1 aliphatic heterocycles. The molecule has 2 heterocycles. The lowest BCUT2D eigenvalue weighted by Gasteiger charge is -2.31. The number of aromatic amines is 1. The molecule has 0 aliphatic carbocycles. The van der Waals surface area contributed by atoms with Gasteiger partial charge in [0, 0.05) is 41.0 Å². The van der Waals surface area contributed by atoms with E-state index in [0.717, 1.165) is 51.3 Å². The first-order chi connectivity index (χ1) is 16.2. The van der Waals surface area contributed by atoms with E-state index in [1.807, 2.05) is 36.4 Å². The largest absolute Gasteiger partial charge is 0.386 e. The quantitative estimate of drug-likeness (QED) is 0.375. The van der Waals surface area contributed by atoms with Crippen LogP contribution in [0.15, 0.2) is 54.6 Å². The molecule has 0 saturated carbocycles. The Morgan fingerprint density at radius 3 is 2.47 bits per heavy atom. The first kappa shape index (κ1) is 22.6. The van der Waals surface area contributed by atoms with E-state index in [2.05, 4.69) is 4.98 Å². The zero-order chi connectivity index (χ0) is 24.0. The number of benzene rings is 3. The van der Waals surface area contributed by atoms with Crippen LogP contribution < -0.4 is 5.73 Å². The summed E-state index contributed by atoms with van der Waals surface area (Å²) in [5, 5.41) is 12.2. The summed E-state index contributed by atoms with van der Waals surface area (Å²) in [6.07, 6.45) is 1.79. The van der Waals surface area contributed by atoms with Gasteiger partial charge in [-0.05, 0) is 73.6 Å². The minimum absolute atomic E-state index is 0.00394. The van der Waals surface area contributed by atoms with Gasteiger partial charge in [-0.15, -0.1) is 0 Å². The monoisotopic (exact) mass is 460 g/mol. The number of H-pyrrole nitrogens is 1. The number of carbonyl (C=O) groups excluding carboxylic acids is 1. The maximum atomic E-state index is 13.8. The lowest BCUT2D eigenvalue weighted by Crippen LogP contribution is -2.23. The van der Waals surface area contributed by atoms with Gasteiger partial charge in [-0.1, -0.05) is 30.3 Å². The van der Waals surface area contributed by atoms with Crippen LogP contribution in [0.25, 0.3) is 21.8 Å². The Labute approximate surface area is 197 Å². The second-order valence-corrected chi connectivity index (χ2v) is 9.74. The Bertz CT molecular complexity index is 1360. The molecule has 1 fully saturated rings. The van der Waals surface area contributed by atoms with Crippen LogP contribution in [0.5, 0.6) is 0 Å². The van der Waals surface area contributed by atoms with Crippen molar-refractivity contribution in [2.45, 2.75) is 38.2 Å². The van der Waals surface area contributed by atoms with Crippen molar-refractivity contribution >= 4 is 27.7 Å². The minimum atomic E-state index is -1.00. The number of aromatic nitrogens is 1. The number of halogens is 1. The fraction of sp³-hybridized carbons (Fsp3) is 0.321. The predicted molar refractivity (Wildman–Crippen MR) is 131 cm³/mol. The Kier molecular flexibility index (Phi) is 5.66. The second-order valence-electron chi connectivity index (χ2n) is 9.74. The first-order valence-electron chi connectivity index (χ1n) is 11.7. The molecule has 1 aliphatic rings. The van der Waals surface area contributed by atoms with Crippen molar-refractivity contribution < 1.29 is 19.0 Å². The summed E-state index contributed by atoms with van der Waals surface area (Å²) < 4.78 is 19.4. The van der Waals surface area contributed by atoms with Crippen LogP contribution in [0.3, 0.4) is 0 Å². The molecule has 4 aromatic rings. The van der Waals surface area contributed by atoms with Gasteiger partial charge in [-0.25, -0.2) is 4.39 Å². The minimum Gasteiger partial charge on any atom is -0.386 e. The maximum Gasteiger partial charge on any atom is 0.249 e. The molecular weight excluding hydrogens is 431 g/mol. The number of fused-ring (bicyclic) bond motifs is 3. The van der Waals surface area contributed by atoms with Crippen LogP contribution in [-0.4, -0.2) is 29.2 Å². The molecule has 0 bridgehead atoms. The van der Waals surface area contributed by atoms with Crippen molar-refractivity contribution in [3.8, 4) is 0 Å². The van der Waals surface area contributed by atoms with Crippen LogP contribution in [0, 0.1) is 11.7 Å².